The maximum atomic E-state index is 13.3. The van der Waals surface area contributed by atoms with E-state index in [0.29, 0.717) is 18.9 Å². The zero-order valence-electron chi connectivity index (χ0n) is 14.0. The van der Waals surface area contributed by atoms with Crippen LogP contribution in [0.2, 0.25) is 0 Å². The molecule has 2 aliphatic rings. The third kappa shape index (κ3) is 2.99. The van der Waals surface area contributed by atoms with Crippen LogP contribution in [0.3, 0.4) is 0 Å². The number of aryl methyl sites for hydroxylation is 2. The number of sulfonamides is 1. The third-order valence-electron chi connectivity index (χ3n) is 5.05. The Morgan fingerprint density at radius 2 is 1.87 bits per heavy atom. The molecule has 5 nitrogen and oxygen atoms in total. The molecule has 0 radical (unpaired) electrons. The molecule has 6 heteroatoms. The molecule has 2 atom stereocenters. The summed E-state index contributed by atoms with van der Waals surface area (Å²) in [4.78, 5) is 0.273. The van der Waals surface area contributed by atoms with Crippen LogP contribution in [0.1, 0.15) is 36.8 Å². The van der Waals surface area contributed by atoms with Crippen LogP contribution in [0, 0.1) is 13.8 Å². The van der Waals surface area contributed by atoms with Gasteiger partial charge in [-0.2, -0.15) is 4.31 Å². The SMILES string of the molecule is COc1cc(C)c(C)cc1S(=O)(=O)N1CCO[C@@H]2CCCC[C@H]21. The van der Waals surface area contributed by atoms with E-state index >= 15 is 0 Å². The van der Waals surface area contributed by atoms with Gasteiger partial charge in [-0.1, -0.05) is 12.8 Å². The van der Waals surface area contributed by atoms with Crippen molar-refractivity contribution in [3.05, 3.63) is 23.3 Å². The summed E-state index contributed by atoms with van der Waals surface area (Å²) in [6.45, 7) is 4.77. The second-order valence-corrected chi connectivity index (χ2v) is 8.32. The van der Waals surface area contributed by atoms with Crippen LogP contribution in [-0.2, 0) is 14.8 Å². The Morgan fingerprint density at radius 3 is 2.61 bits per heavy atom. The fourth-order valence-corrected chi connectivity index (χ4v) is 5.50. The van der Waals surface area contributed by atoms with Crippen LogP contribution in [0.4, 0.5) is 0 Å². The van der Waals surface area contributed by atoms with Gasteiger partial charge >= 0.3 is 0 Å². The minimum Gasteiger partial charge on any atom is -0.495 e. The van der Waals surface area contributed by atoms with Crippen LogP contribution in [0.25, 0.3) is 0 Å². The molecule has 2 fully saturated rings. The number of fused-ring (bicyclic) bond motifs is 1. The Kier molecular flexibility index (Phi) is 4.67. The lowest BCUT2D eigenvalue weighted by molar-refractivity contribution is -0.0586. The molecular formula is C17H25NO4S. The van der Waals surface area contributed by atoms with Crippen molar-refractivity contribution in [3.63, 3.8) is 0 Å². The predicted octanol–water partition coefficient (Wildman–Crippen LogP) is 2.64. The minimum atomic E-state index is -3.59. The summed E-state index contributed by atoms with van der Waals surface area (Å²) in [5.74, 6) is 0.423. The molecule has 1 heterocycles. The van der Waals surface area contributed by atoms with E-state index in [1.54, 1.807) is 16.4 Å². The molecule has 1 saturated carbocycles. The summed E-state index contributed by atoms with van der Waals surface area (Å²) in [5.41, 5.74) is 1.98. The van der Waals surface area contributed by atoms with Gasteiger partial charge in [0.2, 0.25) is 10.0 Å². The van der Waals surface area contributed by atoms with Crippen LogP contribution in [0.15, 0.2) is 17.0 Å². The molecule has 0 N–H and O–H groups in total. The average molecular weight is 339 g/mol. The predicted molar refractivity (Wildman–Crippen MR) is 88.4 cm³/mol. The summed E-state index contributed by atoms with van der Waals surface area (Å²) >= 11 is 0. The van der Waals surface area contributed by atoms with Gasteiger partial charge in [0.1, 0.15) is 10.6 Å². The first kappa shape index (κ1) is 16.7. The molecule has 1 aliphatic carbocycles. The van der Waals surface area contributed by atoms with Crippen LogP contribution < -0.4 is 4.74 Å². The van der Waals surface area contributed by atoms with Crippen molar-refractivity contribution in [2.45, 2.75) is 56.6 Å². The number of hydrogen-bond acceptors (Lipinski definition) is 4. The highest BCUT2D eigenvalue weighted by Crippen LogP contribution is 2.36. The smallest absolute Gasteiger partial charge is 0.247 e. The van der Waals surface area contributed by atoms with Crippen molar-refractivity contribution in [2.75, 3.05) is 20.3 Å². The van der Waals surface area contributed by atoms with Gasteiger partial charge in [-0.3, -0.25) is 0 Å². The maximum Gasteiger partial charge on any atom is 0.247 e. The first-order chi connectivity index (χ1) is 10.9. The van der Waals surface area contributed by atoms with Gasteiger partial charge in [-0.15, -0.1) is 0 Å². The third-order valence-corrected chi connectivity index (χ3v) is 6.99. The molecule has 1 aromatic rings. The summed E-state index contributed by atoms with van der Waals surface area (Å²) < 4.78 is 39.4. The van der Waals surface area contributed by atoms with Gasteiger partial charge in [0.15, 0.2) is 0 Å². The molecule has 0 amide bonds. The Labute approximate surface area is 138 Å². The highest BCUT2D eigenvalue weighted by atomic mass is 32.2. The zero-order valence-corrected chi connectivity index (χ0v) is 14.9. The second-order valence-electron chi connectivity index (χ2n) is 6.46. The quantitative estimate of drug-likeness (QED) is 0.849. The molecule has 1 saturated heterocycles. The lowest BCUT2D eigenvalue weighted by Crippen LogP contribution is -2.54. The molecule has 128 valence electrons. The Bertz CT molecular complexity index is 684. The van der Waals surface area contributed by atoms with Crippen LogP contribution >= 0.6 is 0 Å². The Hall–Kier alpha value is -1.11. The number of nitrogens with zero attached hydrogens (tertiary/aromatic N) is 1. The fraction of sp³-hybridized carbons (Fsp3) is 0.647. The number of methoxy groups -OCH3 is 1. The summed E-state index contributed by atoms with van der Waals surface area (Å²) in [6, 6.07) is 3.49. The van der Waals surface area contributed by atoms with Gasteiger partial charge in [0.25, 0.3) is 0 Å². The number of hydrogen-bond donors (Lipinski definition) is 0. The Morgan fingerprint density at radius 1 is 1.17 bits per heavy atom. The summed E-state index contributed by atoms with van der Waals surface area (Å²) in [6.07, 6.45) is 4.02. The molecule has 23 heavy (non-hydrogen) atoms. The largest absolute Gasteiger partial charge is 0.495 e. The molecule has 1 aliphatic heterocycles. The standard InChI is InChI=1S/C17H25NO4S/c1-12-10-16(21-3)17(11-13(12)2)23(19,20)18-8-9-22-15-7-5-4-6-14(15)18/h10-11,14-15H,4-9H2,1-3H3/t14-,15-/m1/s1. The van der Waals surface area contributed by atoms with Crippen molar-refractivity contribution >= 4 is 10.0 Å². The van der Waals surface area contributed by atoms with Gasteiger partial charge in [0, 0.05) is 6.54 Å². The first-order valence-corrected chi connectivity index (χ1v) is 9.68. The summed E-state index contributed by atoms with van der Waals surface area (Å²) in [5, 5.41) is 0. The topological polar surface area (TPSA) is 55.8 Å². The number of ether oxygens (including phenoxy) is 2. The van der Waals surface area contributed by atoms with E-state index in [-0.39, 0.29) is 17.0 Å². The summed E-state index contributed by atoms with van der Waals surface area (Å²) in [7, 11) is -2.07. The minimum absolute atomic E-state index is 0.0322. The van der Waals surface area contributed by atoms with Crippen molar-refractivity contribution in [2.24, 2.45) is 0 Å². The van der Waals surface area contributed by atoms with Crippen molar-refractivity contribution in [1.29, 1.82) is 0 Å². The second kappa shape index (κ2) is 6.42. The van der Waals surface area contributed by atoms with E-state index in [1.807, 2.05) is 13.8 Å². The van der Waals surface area contributed by atoms with Crippen molar-refractivity contribution < 1.29 is 17.9 Å². The molecular weight excluding hydrogens is 314 g/mol. The van der Waals surface area contributed by atoms with Crippen molar-refractivity contribution in [1.82, 2.24) is 4.31 Å². The number of morpholine rings is 1. The molecule has 1 aromatic carbocycles. The van der Waals surface area contributed by atoms with Gasteiger partial charge in [0.05, 0.1) is 25.9 Å². The van der Waals surface area contributed by atoms with E-state index in [1.165, 1.54) is 7.11 Å². The lowest BCUT2D eigenvalue weighted by atomic mass is 9.91. The molecule has 0 spiro atoms. The fourth-order valence-electron chi connectivity index (χ4n) is 3.61. The maximum absolute atomic E-state index is 13.3. The monoisotopic (exact) mass is 339 g/mol. The molecule has 0 bridgehead atoms. The first-order valence-electron chi connectivity index (χ1n) is 8.24. The molecule has 0 unspecified atom stereocenters. The molecule has 3 rings (SSSR count). The molecule has 0 aromatic heterocycles. The van der Waals surface area contributed by atoms with E-state index in [4.69, 9.17) is 9.47 Å². The Balaban J connectivity index is 2.02. The van der Waals surface area contributed by atoms with Crippen LogP contribution in [0.5, 0.6) is 5.75 Å². The average Bonchev–Trinajstić information content (AvgIpc) is 2.56. The van der Waals surface area contributed by atoms with E-state index in [2.05, 4.69) is 0 Å². The van der Waals surface area contributed by atoms with E-state index < -0.39 is 10.0 Å². The van der Waals surface area contributed by atoms with Crippen molar-refractivity contribution in [3.8, 4) is 5.75 Å². The number of rotatable bonds is 3. The highest BCUT2D eigenvalue weighted by Gasteiger charge is 2.41. The van der Waals surface area contributed by atoms with E-state index in [0.717, 1.165) is 36.8 Å². The highest BCUT2D eigenvalue weighted by molar-refractivity contribution is 7.89. The van der Waals surface area contributed by atoms with Gasteiger partial charge in [-0.25, -0.2) is 8.42 Å². The van der Waals surface area contributed by atoms with Gasteiger partial charge in [-0.05, 0) is 49.9 Å². The van der Waals surface area contributed by atoms with Crippen LogP contribution in [-0.4, -0.2) is 45.1 Å². The van der Waals surface area contributed by atoms with E-state index in [9.17, 15) is 8.42 Å². The zero-order chi connectivity index (χ0) is 16.6. The van der Waals surface area contributed by atoms with Gasteiger partial charge < -0.3 is 9.47 Å². The lowest BCUT2D eigenvalue weighted by Gasteiger charge is -2.42. The number of benzene rings is 1. The normalized spacial score (nSPS) is 25.9.